The van der Waals surface area contributed by atoms with Gasteiger partial charge >= 0.3 is 12.0 Å². The van der Waals surface area contributed by atoms with E-state index in [1.54, 1.807) is 12.1 Å². The van der Waals surface area contributed by atoms with Crippen LogP contribution in [0.25, 0.3) is 0 Å². The number of carbonyl (C=O) groups is 2. The van der Waals surface area contributed by atoms with Crippen molar-refractivity contribution in [3.05, 3.63) is 53.1 Å². The quantitative estimate of drug-likeness (QED) is 0.852. The predicted molar refractivity (Wildman–Crippen MR) is 100.0 cm³/mol. The zero-order chi connectivity index (χ0) is 19.0. The van der Waals surface area contributed by atoms with Crippen molar-refractivity contribution in [1.29, 1.82) is 0 Å². The van der Waals surface area contributed by atoms with Gasteiger partial charge in [0.2, 0.25) is 0 Å². The lowest BCUT2D eigenvalue weighted by Gasteiger charge is -2.40. The topological polar surface area (TPSA) is 95.4 Å². The highest BCUT2D eigenvalue weighted by Gasteiger charge is 2.44. The molecule has 0 radical (unpaired) electrons. The molecule has 2 heterocycles. The maximum absolute atomic E-state index is 12.8. The minimum atomic E-state index is -0.983. The summed E-state index contributed by atoms with van der Waals surface area (Å²) in [6, 6.07) is 6.05. The molecule has 1 unspecified atom stereocenters. The van der Waals surface area contributed by atoms with Crippen molar-refractivity contribution in [2.45, 2.75) is 38.0 Å². The van der Waals surface area contributed by atoms with Crippen LogP contribution in [0.5, 0.6) is 0 Å². The van der Waals surface area contributed by atoms with Gasteiger partial charge in [0, 0.05) is 30.4 Å². The van der Waals surface area contributed by atoms with Gasteiger partial charge in [0.05, 0.1) is 11.3 Å². The fraction of sp³-hybridized carbons (Fsp3) is 0.400. The van der Waals surface area contributed by atoms with Crippen molar-refractivity contribution in [3.8, 4) is 0 Å². The van der Waals surface area contributed by atoms with Crippen molar-refractivity contribution >= 4 is 17.7 Å². The van der Waals surface area contributed by atoms with Crippen molar-refractivity contribution < 1.29 is 14.7 Å². The van der Waals surface area contributed by atoms with Crippen LogP contribution in [0, 0.1) is 6.92 Å². The van der Waals surface area contributed by atoms with E-state index in [9.17, 15) is 9.59 Å². The molecule has 140 valence electrons. The van der Waals surface area contributed by atoms with Gasteiger partial charge in [0.25, 0.3) is 0 Å². The number of hydrogen-bond acceptors (Lipinski definition) is 4. The van der Waals surface area contributed by atoms with Crippen LogP contribution in [0.15, 0.2) is 30.5 Å². The molecule has 1 spiro atoms. The molecule has 2 aromatic rings. The first kappa shape index (κ1) is 17.5. The van der Waals surface area contributed by atoms with E-state index in [1.165, 1.54) is 17.7 Å². The molecule has 1 aliphatic heterocycles. The van der Waals surface area contributed by atoms with Crippen LogP contribution in [-0.2, 0) is 11.8 Å². The number of carboxylic acids is 1. The van der Waals surface area contributed by atoms with Crippen molar-refractivity contribution in [2.75, 3.05) is 18.4 Å². The third kappa shape index (κ3) is 3.25. The Balaban J connectivity index is 1.50. The number of urea groups is 1. The summed E-state index contributed by atoms with van der Waals surface area (Å²) in [7, 11) is 0. The Labute approximate surface area is 157 Å². The monoisotopic (exact) mass is 366 g/mol. The number of nitrogens with zero attached hydrogens (tertiary/aromatic N) is 3. The van der Waals surface area contributed by atoms with E-state index in [0.717, 1.165) is 37.2 Å². The number of fused-ring (bicyclic) bond motifs is 2. The van der Waals surface area contributed by atoms with Gasteiger partial charge in [0.1, 0.15) is 5.82 Å². The van der Waals surface area contributed by atoms with Gasteiger partial charge in [0.15, 0.2) is 0 Å². The van der Waals surface area contributed by atoms with E-state index in [0.29, 0.717) is 18.8 Å². The standard InChI is InChI=1S/C20H22N4O3/c1-13-21-11-15-7-9-20(17(15)22-13)8-2-10-24(12-20)19(27)23-16-5-3-14(4-6-16)18(25)26/h3-6,11H,2,7-10,12H2,1H3,(H,23,27)(H,25,26). The summed E-state index contributed by atoms with van der Waals surface area (Å²) in [5, 5.41) is 11.9. The molecule has 1 aliphatic carbocycles. The normalized spacial score (nSPS) is 21.1. The number of amides is 2. The average Bonchev–Trinajstić information content (AvgIpc) is 2.99. The van der Waals surface area contributed by atoms with E-state index in [4.69, 9.17) is 10.1 Å². The van der Waals surface area contributed by atoms with Crippen LogP contribution < -0.4 is 5.32 Å². The van der Waals surface area contributed by atoms with Crippen LogP contribution in [0.4, 0.5) is 10.5 Å². The summed E-state index contributed by atoms with van der Waals surface area (Å²) in [6.07, 6.45) is 5.86. The second-order valence-electron chi connectivity index (χ2n) is 7.41. The molecule has 7 nitrogen and oxygen atoms in total. The number of anilines is 1. The van der Waals surface area contributed by atoms with Gasteiger partial charge < -0.3 is 15.3 Å². The molecular weight excluding hydrogens is 344 g/mol. The SMILES string of the molecule is Cc1ncc2c(n1)C1(CCCN(C(=O)Nc3ccc(C(=O)O)cc3)C1)CC2. The maximum Gasteiger partial charge on any atom is 0.335 e. The highest BCUT2D eigenvalue weighted by Crippen LogP contribution is 2.43. The third-order valence-corrected chi connectivity index (χ3v) is 5.61. The van der Waals surface area contributed by atoms with E-state index in [1.807, 2.05) is 18.0 Å². The first-order chi connectivity index (χ1) is 13.0. The number of rotatable bonds is 2. The summed E-state index contributed by atoms with van der Waals surface area (Å²) in [5.41, 5.74) is 3.02. The Morgan fingerprint density at radius 2 is 2.00 bits per heavy atom. The second kappa shape index (κ2) is 6.64. The number of aromatic carboxylic acids is 1. The minimum absolute atomic E-state index is 0.0776. The predicted octanol–water partition coefficient (Wildman–Crippen LogP) is 3.00. The van der Waals surface area contributed by atoms with Crippen molar-refractivity contribution in [1.82, 2.24) is 14.9 Å². The molecule has 0 bridgehead atoms. The Morgan fingerprint density at radius 3 is 2.74 bits per heavy atom. The smallest absolute Gasteiger partial charge is 0.335 e. The fourth-order valence-corrected chi connectivity index (χ4v) is 4.23. The molecule has 7 heteroatoms. The summed E-state index contributed by atoms with van der Waals surface area (Å²) >= 11 is 0. The minimum Gasteiger partial charge on any atom is -0.478 e. The van der Waals surface area contributed by atoms with Gasteiger partial charge in [-0.3, -0.25) is 0 Å². The van der Waals surface area contributed by atoms with Crippen molar-refractivity contribution in [3.63, 3.8) is 0 Å². The highest BCUT2D eigenvalue weighted by atomic mass is 16.4. The number of aromatic nitrogens is 2. The number of piperidine rings is 1. The molecule has 2 N–H and O–H groups in total. The third-order valence-electron chi connectivity index (χ3n) is 5.61. The molecule has 1 saturated heterocycles. The second-order valence-corrected chi connectivity index (χ2v) is 7.41. The van der Waals surface area contributed by atoms with Crippen LogP contribution in [0.3, 0.4) is 0 Å². The van der Waals surface area contributed by atoms with Crippen LogP contribution in [0.1, 0.15) is 46.7 Å². The maximum atomic E-state index is 12.8. The molecule has 4 rings (SSSR count). The fourth-order valence-electron chi connectivity index (χ4n) is 4.23. The number of aryl methyl sites for hydroxylation is 2. The summed E-state index contributed by atoms with van der Waals surface area (Å²) < 4.78 is 0. The van der Waals surface area contributed by atoms with Crippen LogP contribution >= 0.6 is 0 Å². The molecule has 1 aromatic carbocycles. The van der Waals surface area contributed by atoms with Gasteiger partial charge in [-0.05, 0) is 62.4 Å². The summed E-state index contributed by atoms with van der Waals surface area (Å²) in [4.78, 5) is 34.6. The number of hydrogen-bond donors (Lipinski definition) is 2. The molecule has 2 amide bonds. The Morgan fingerprint density at radius 1 is 1.22 bits per heavy atom. The molecule has 1 fully saturated rings. The van der Waals surface area contributed by atoms with E-state index < -0.39 is 5.97 Å². The van der Waals surface area contributed by atoms with Gasteiger partial charge in [-0.15, -0.1) is 0 Å². The number of carbonyl (C=O) groups excluding carboxylic acids is 1. The lowest BCUT2D eigenvalue weighted by Crippen LogP contribution is -2.49. The molecule has 1 aromatic heterocycles. The first-order valence-corrected chi connectivity index (χ1v) is 9.19. The van der Waals surface area contributed by atoms with Gasteiger partial charge in [-0.1, -0.05) is 0 Å². The molecule has 0 saturated carbocycles. The van der Waals surface area contributed by atoms with Gasteiger partial charge in [-0.2, -0.15) is 0 Å². The molecule has 2 aliphatic rings. The Bertz CT molecular complexity index is 893. The summed E-state index contributed by atoms with van der Waals surface area (Å²) in [5.74, 6) is -0.210. The van der Waals surface area contributed by atoms with Crippen LogP contribution in [-0.4, -0.2) is 45.1 Å². The number of carboxylic acid groups (broad SMARTS) is 1. The Hall–Kier alpha value is -2.96. The van der Waals surface area contributed by atoms with E-state index in [-0.39, 0.29) is 17.0 Å². The largest absolute Gasteiger partial charge is 0.478 e. The average molecular weight is 366 g/mol. The highest BCUT2D eigenvalue weighted by molar-refractivity contribution is 5.91. The number of likely N-dealkylation sites (tertiary alicyclic amines) is 1. The van der Waals surface area contributed by atoms with E-state index >= 15 is 0 Å². The lowest BCUT2D eigenvalue weighted by atomic mass is 9.77. The number of nitrogens with one attached hydrogen (secondary N) is 1. The first-order valence-electron chi connectivity index (χ1n) is 9.19. The zero-order valence-corrected chi connectivity index (χ0v) is 15.2. The van der Waals surface area contributed by atoms with Crippen molar-refractivity contribution in [2.24, 2.45) is 0 Å². The zero-order valence-electron chi connectivity index (χ0n) is 15.2. The lowest BCUT2D eigenvalue weighted by molar-refractivity contribution is 0.0697. The molecular formula is C20H22N4O3. The van der Waals surface area contributed by atoms with Crippen LogP contribution in [0.2, 0.25) is 0 Å². The molecule has 1 atom stereocenters. The Kier molecular flexibility index (Phi) is 4.30. The van der Waals surface area contributed by atoms with Gasteiger partial charge in [-0.25, -0.2) is 19.6 Å². The van der Waals surface area contributed by atoms with E-state index in [2.05, 4.69) is 10.3 Å². The molecule has 27 heavy (non-hydrogen) atoms. The summed E-state index contributed by atoms with van der Waals surface area (Å²) in [6.45, 7) is 3.26. The number of benzene rings is 1.